The lowest BCUT2D eigenvalue weighted by atomic mass is 10.1. The molecule has 0 bridgehead atoms. The summed E-state index contributed by atoms with van der Waals surface area (Å²) in [6, 6.07) is 14.7. The summed E-state index contributed by atoms with van der Waals surface area (Å²) in [6.45, 7) is 0. The highest BCUT2D eigenvalue weighted by atomic mass is 35.5. The molecule has 0 heterocycles. The normalized spacial score (nSPS) is 10.2. The van der Waals surface area contributed by atoms with E-state index < -0.39 is 0 Å². The molecule has 2 rings (SSSR count). The molecule has 19 heavy (non-hydrogen) atoms. The SMILES string of the molecule is COc1ccccc1SCC(=O)c1ccccc1Cl. The van der Waals surface area contributed by atoms with Crippen molar-refractivity contribution in [1.29, 1.82) is 0 Å². The van der Waals surface area contributed by atoms with Crippen molar-refractivity contribution in [2.24, 2.45) is 0 Å². The summed E-state index contributed by atoms with van der Waals surface area (Å²) in [5, 5.41) is 0.494. The van der Waals surface area contributed by atoms with E-state index in [0.29, 0.717) is 16.3 Å². The molecule has 0 atom stereocenters. The van der Waals surface area contributed by atoms with Gasteiger partial charge in [-0.15, -0.1) is 11.8 Å². The summed E-state index contributed by atoms with van der Waals surface area (Å²) in [4.78, 5) is 13.0. The molecule has 0 spiro atoms. The molecule has 0 unspecified atom stereocenters. The summed E-state index contributed by atoms with van der Waals surface area (Å²) in [5.74, 6) is 1.13. The predicted molar refractivity (Wildman–Crippen MR) is 79.5 cm³/mol. The zero-order valence-corrected chi connectivity index (χ0v) is 12.0. The van der Waals surface area contributed by atoms with Crippen LogP contribution in [0.1, 0.15) is 10.4 Å². The van der Waals surface area contributed by atoms with Gasteiger partial charge in [0.1, 0.15) is 5.75 Å². The Morgan fingerprint density at radius 3 is 2.58 bits per heavy atom. The first-order valence-electron chi connectivity index (χ1n) is 5.76. The maximum atomic E-state index is 12.1. The molecular formula is C15H13ClO2S. The molecule has 2 nitrogen and oxygen atoms in total. The number of ketones is 1. The lowest BCUT2D eigenvalue weighted by Crippen LogP contribution is -2.03. The minimum absolute atomic E-state index is 0.0153. The van der Waals surface area contributed by atoms with Crippen molar-refractivity contribution < 1.29 is 9.53 Å². The summed E-state index contributed by atoms with van der Waals surface area (Å²) >= 11 is 7.45. The van der Waals surface area contributed by atoms with Gasteiger partial charge in [-0.3, -0.25) is 4.79 Å². The average molecular weight is 293 g/mol. The van der Waals surface area contributed by atoms with E-state index in [1.54, 1.807) is 19.2 Å². The van der Waals surface area contributed by atoms with Crippen molar-refractivity contribution in [3.8, 4) is 5.75 Å². The minimum Gasteiger partial charge on any atom is -0.496 e. The van der Waals surface area contributed by atoms with Gasteiger partial charge in [0.05, 0.1) is 17.9 Å². The molecule has 4 heteroatoms. The van der Waals surface area contributed by atoms with Gasteiger partial charge in [0, 0.05) is 10.5 Å². The molecule has 2 aromatic rings. The fourth-order valence-corrected chi connectivity index (χ4v) is 2.80. The molecule has 0 aliphatic carbocycles. The molecule has 0 saturated carbocycles. The predicted octanol–water partition coefficient (Wildman–Crippen LogP) is 4.32. The van der Waals surface area contributed by atoms with Gasteiger partial charge in [0.15, 0.2) is 5.78 Å². The number of halogens is 1. The Kier molecular flexibility index (Phi) is 4.88. The first-order valence-corrected chi connectivity index (χ1v) is 7.12. The first kappa shape index (κ1) is 14.0. The van der Waals surface area contributed by atoms with Crippen LogP contribution in [0.15, 0.2) is 53.4 Å². The number of methoxy groups -OCH3 is 1. The number of rotatable bonds is 5. The Hall–Kier alpha value is -1.45. The molecule has 0 fully saturated rings. The number of carbonyl (C=O) groups excluding carboxylic acids is 1. The zero-order valence-electron chi connectivity index (χ0n) is 10.4. The van der Waals surface area contributed by atoms with E-state index in [-0.39, 0.29) is 5.78 Å². The summed E-state index contributed by atoms with van der Waals surface area (Å²) < 4.78 is 5.25. The zero-order chi connectivity index (χ0) is 13.7. The number of thioether (sulfide) groups is 1. The van der Waals surface area contributed by atoms with Crippen molar-refractivity contribution in [3.63, 3.8) is 0 Å². The molecule has 0 aliphatic heterocycles. The van der Waals surface area contributed by atoms with Gasteiger partial charge in [0.25, 0.3) is 0 Å². The number of benzene rings is 2. The maximum Gasteiger partial charge on any atom is 0.174 e. The standard InChI is InChI=1S/C15H13ClO2S/c1-18-14-8-4-5-9-15(14)19-10-13(17)11-6-2-3-7-12(11)16/h2-9H,10H2,1H3. The van der Waals surface area contributed by atoms with E-state index in [4.69, 9.17) is 16.3 Å². The summed E-state index contributed by atoms with van der Waals surface area (Å²) in [6.07, 6.45) is 0. The van der Waals surface area contributed by atoms with Crippen molar-refractivity contribution in [2.75, 3.05) is 12.9 Å². The smallest absolute Gasteiger partial charge is 0.174 e. The van der Waals surface area contributed by atoms with Gasteiger partial charge >= 0.3 is 0 Å². The minimum atomic E-state index is 0.0153. The number of ether oxygens (including phenoxy) is 1. The van der Waals surface area contributed by atoms with Crippen LogP contribution in [0, 0.1) is 0 Å². The number of Topliss-reactive ketones (excluding diaryl/α,β-unsaturated/α-hetero) is 1. The lowest BCUT2D eigenvalue weighted by Gasteiger charge is -2.07. The summed E-state index contributed by atoms with van der Waals surface area (Å²) in [7, 11) is 1.62. The van der Waals surface area contributed by atoms with Crippen molar-refractivity contribution in [3.05, 3.63) is 59.1 Å². The van der Waals surface area contributed by atoms with Crippen LogP contribution in [0.3, 0.4) is 0 Å². The van der Waals surface area contributed by atoms with Gasteiger partial charge in [0.2, 0.25) is 0 Å². The van der Waals surface area contributed by atoms with Crippen LogP contribution in [-0.2, 0) is 0 Å². The Labute approximate surface area is 121 Å². The average Bonchev–Trinajstić information content (AvgIpc) is 2.45. The van der Waals surface area contributed by atoms with Crippen LogP contribution in [0.4, 0.5) is 0 Å². The van der Waals surface area contributed by atoms with Gasteiger partial charge in [-0.2, -0.15) is 0 Å². The second-order valence-corrected chi connectivity index (χ2v) is 5.27. The maximum absolute atomic E-state index is 12.1. The molecule has 0 amide bonds. The highest BCUT2D eigenvalue weighted by Gasteiger charge is 2.11. The second-order valence-electron chi connectivity index (χ2n) is 3.84. The third-order valence-corrected chi connectivity index (χ3v) is 3.99. The monoisotopic (exact) mass is 292 g/mol. The van der Waals surface area contributed by atoms with E-state index in [9.17, 15) is 4.79 Å². The van der Waals surface area contributed by atoms with Gasteiger partial charge < -0.3 is 4.74 Å². The first-order chi connectivity index (χ1) is 9.22. The van der Waals surface area contributed by atoms with Crippen molar-refractivity contribution in [1.82, 2.24) is 0 Å². The lowest BCUT2D eigenvalue weighted by molar-refractivity contribution is 0.102. The Bertz CT molecular complexity index is 584. The third kappa shape index (κ3) is 3.52. The van der Waals surface area contributed by atoms with E-state index >= 15 is 0 Å². The van der Waals surface area contributed by atoms with E-state index in [1.807, 2.05) is 36.4 Å². The largest absolute Gasteiger partial charge is 0.496 e. The Morgan fingerprint density at radius 2 is 1.84 bits per heavy atom. The summed E-state index contributed by atoms with van der Waals surface area (Å²) in [5.41, 5.74) is 0.562. The van der Waals surface area contributed by atoms with Gasteiger partial charge in [-0.1, -0.05) is 35.9 Å². The van der Waals surface area contributed by atoms with Gasteiger partial charge in [-0.25, -0.2) is 0 Å². The van der Waals surface area contributed by atoms with Crippen LogP contribution in [0.2, 0.25) is 5.02 Å². The van der Waals surface area contributed by atoms with Crippen LogP contribution >= 0.6 is 23.4 Å². The molecule has 0 aromatic heterocycles. The van der Waals surface area contributed by atoms with Gasteiger partial charge in [-0.05, 0) is 24.3 Å². The topological polar surface area (TPSA) is 26.3 Å². The molecule has 2 aromatic carbocycles. The molecule has 98 valence electrons. The van der Waals surface area contributed by atoms with E-state index in [1.165, 1.54) is 11.8 Å². The van der Waals surface area contributed by atoms with Crippen LogP contribution in [0.25, 0.3) is 0 Å². The molecular weight excluding hydrogens is 280 g/mol. The number of para-hydroxylation sites is 1. The van der Waals surface area contributed by atoms with Crippen LogP contribution < -0.4 is 4.74 Å². The van der Waals surface area contributed by atoms with Crippen LogP contribution in [0.5, 0.6) is 5.75 Å². The third-order valence-electron chi connectivity index (χ3n) is 2.60. The molecule has 0 radical (unpaired) electrons. The van der Waals surface area contributed by atoms with E-state index in [0.717, 1.165) is 10.6 Å². The fourth-order valence-electron chi connectivity index (χ4n) is 1.65. The quantitative estimate of drug-likeness (QED) is 0.606. The van der Waals surface area contributed by atoms with Crippen molar-refractivity contribution in [2.45, 2.75) is 4.90 Å². The highest BCUT2D eigenvalue weighted by Crippen LogP contribution is 2.29. The number of carbonyl (C=O) groups is 1. The second kappa shape index (κ2) is 6.64. The molecule has 0 saturated heterocycles. The van der Waals surface area contributed by atoms with Crippen molar-refractivity contribution >= 4 is 29.1 Å². The molecule has 0 aliphatic rings. The highest BCUT2D eigenvalue weighted by molar-refractivity contribution is 8.00. The number of hydrogen-bond acceptors (Lipinski definition) is 3. The Morgan fingerprint density at radius 1 is 1.16 bits per heavy atom. The molecule has 0 N–H and O–H groups in total. The number of hydrogen-bond donors (Lipinski definition) is 0. The Balaban J connectivity index is 2.07. The van der Waals surface area contributed by atoms with Crippen LogP contribution in [-0.4, -0.2) is 18.6 Å². The fraction of sp³-hybridized carbons (Fsp3) is 0.133. The van der Waals surface area contributed by atoms with E-state index in [2.05, 4.69) is 0 Å².